The average Bonchev–Trinajstić information content (AvgIpc) is 3.09. The van der Waals surface area contributed by atoms with Gasteiger partial charge in [0, 0.05) is 12.4 Å². The van der Waals surface area contributed by atoms with Gasteiger partial charge in [-0.25, -0.2) is 14.5 Å². The van der Waals surface area contributed by atoms with Gasteiger partial charge in [0.2, 0.25) is 0 Å². The minimum Gasteiger partial charge on any atom is -0.454 e. The number of benzene rings is 1. The third-order valence-electron chi connectivity index (χ3n) is 3.44. The number of aromatic nitrogens is 4. The molecule has 23 heavy (non-hydrogen) atoms. The van der Waals surface area contributed by atoms with E-state index in [2.05, 4.69) is 15.1 Å². The van der Waals surface area contributed by atoms with Crippen molar-refractivity contribution in [1.82, 2.24) is 19.7 Å². The van der Waals surface area contributed by atoms with Crippen LogP contribution >= 0.6 is 0 Å². The van der Waals surface area contributed by atoms with Crippen LogP contribution in [-0.2, 0) is 4.74 Å². The van der Waals surface area contributed by atoms with Crippen LogP contribution in [0.3, 0.4) is 0 Å². The molecule has 0 N–H and O–H groups in total. The molecule has 116 valence electrons. The van der Waals surface area contributed by atoms with Crippen LogP contribution in [0.4, 0.5) is 0 Å². The SMILES string of the molecule is Cc1cncc(C(=O)OC(C)c2ccc(-n3cncn3)cc2)c1. The van der Waals surface area contributed by atoms with Gasteiger partial charge in [-0.15, -0.1) is 0 Å². The summed E-state index contributed by atoms with van der Waals surface area (Å²) in [5.41, 5.74) is 3.18. The Hall–Kier alpha value is -3.02. The van der Waals surface area contributed by atoms with E-state index in [9.17, 15) is 4.79 Å². The normalized spacial score (nSPS) is 11.9. The van der Waals surface area contributed by atoms with Crippen molar-refractivity contribution < 1.29 is 9.53 Å². The topological polar surface area (TPSA) is 69.9 Å². The molecule has 6 nitrogen and oxygen atoms in total. The molecule has 0 fully saturated rings. The van der Waals surface area contributed by atoms with Crippen molar-refractivity contribution in [3.05, 3.63) is 72.1 Å². The number of hydrogen-bond donors (Lipinski definition) is 0. The third-order valence-corrected chi connectivity index (χ3v) is 3.44. The highest BCUT2D eigenvalue weighted by Gasteiger charge is 2.14. The van der Waals surface area contributed by atoms with Crippen LogP contribution < -0.4 is 0 Å². The van der Waals surface area contributed by atoms with E-state index in [0.717, 1.165) is 16.8 Å². The van der Waals surface area contributed by atoms with Gasteiger partial charge in [0.1, 0.15) is 18.8 Å². The quantitative estimate of drug-likeness (QED) is 0.693. The lowest BCUT2D eigenvalue weighted by molar-refractivity contribution is 0.0337. The van der Waals surface area contributed by atoms with Crippen LogP contribution in [0.2, 0.25) is 0 Å². The van der Waals surface area contributed by atoms with Crippen LogP contribution in [0.1, 0.15) is 34.5 Å². The maximum atomic E-state index is 12.1. The van der Waals surface area contributed by atoms with Gasteiger partial charge in [0.15, 0.2) is 0 Å². The fourth-order valence-electron chi connectivity index (χ4n) is 2.20. The number of carbonyl (C=O) groups is 1. The van der Waals surface area contributed by atoms with Crippen LogP contribution in [-0.4, -0.2) is 25.7 Å². The van der Waals surface area contributed by atoms with E-state index in [4.69, 9.17) is 4.74 Å². The van der Waals surface area contributed by atoms with Gasteiger partial charge >= 0.3 is 5.97 Å². The number of ether oxygens (including phenoxy) is 1. The first-order valence-electron chi connectivity index (χ1n) is 7.21. The summed E-state index contributed by atoms with van der Waals surface area (Å²) in [6.07, 6.45) is 5.96. The Labute approximate surface area is 133 Å². The summed E-state index contributed by atoms with van der Waals surface area (Å²) in [6, 6.07) is 9.38. The van der Waals surface area contributed by atoms with Gasteiger partial charge in [-0.1, -0.05) is 12.1 Å². The van der Waals surface area contributed by atoms with Crippen LogP contribution in [0.5, 0.6) is 0 Å². The maximum Gasteiger partial charge on any atom is 0.340 e. The fraction of sp³-hybridized carbons (Fsp3) is 0.176. The Balaban J connectivity index is 1.70. The molecule has 0 saturated heterocycles. The molecule has 2 aromatic heterocycles. The van der Waals surface area contributed by atoms with E-state index in [1.165, 1.54) is 12.5 Å². The highest BCUT2D eigenvalue weighted by atomic mass is 16.5. The van der Waals surface area contributed by atoms with Crippen LogP contribution in [0, 0.1) is 6.92 Å². The van der Waals surface area contributed by atoms with Gasteiger partial charge in [-0.2, -0.15) is 5.10 Å². The van der Waals surface area contributed by atoms with E-state index in [1.54, 1.807) is 23.3 Å². The lowest BCUT2D eigenvalue weighted by atomic mass is 10.1. The first-order valence-corrected chi connectivity index (χ1v) is 7.21. The molecule has 0 amide bonds. The summed E-state index contributed by atoms with van der Waals surface area (Å²) in [4.78, 5) is 20.1. The number of rotatable bonds is 4. The van der Waals surface area contributed by atoms with E-state index in [-0.39, 0.29) is 12.1 Å². The highest BCUT2D eigenvalue weighted by Crippen LogP contribution is 2.20. The highest BCUT2D eigenvalue weighted by molar-refractivity contribution is 5.89. The number of nitrogens with zero attached hydrogens (tertiary/aromatic N) is 4. The van der Waals surface area contributed by atoms with Crippen molar-refractivity contribution in [2.24, 2.45) is 0 Å². The van der Waals surface area contributed by atoms with Gasteiger partial charge in [0.25, 0.3) is 0 Å². The second-order valence-corrected chi connectivity index (χ2v) is 5.23. The number of hydrogen-bond acceptors (Lipinski definition) is 5. The molecular weight excluding hydrogens is 292 g/mol. The van der Waals surface area contributed by atoms with Gasteiger partial charge in [0.05, 0.1) is 11.3 Å². The molecule has 0 aliphatic heterocycles. The molecule has 1 aromatic carbocycles. The summed E-state index contributed by atoms with van der Waals surface area (Å²) in [5.74, 6) is -0.381. The first kappa shape index (κ1) is 14.9. The number of carbonyl (C=O) groups excluding carboxylic acids is 1. The van der Waals surface area contributed by atoms with Crippen LogP contribution in [0.15, 0.2) is 55.4 Å². The molecular formula is C17H16N4O2. The van der Waals surface area contributed by atoms with Crippen molar-refractivity contribution in [2.45, 2.75) is 20.0 Å². The second kappa shape index (κ2) is 6.39. The van der Waals surface area contributed by atoms with E-state index >= 15 is 0 Å². The minimum absolute atomic E-state index is 0.354. The monoisotopic (exact) mass is 308 g/mol. The van der Waals surface area contributed by atoms with E-state index in [0.29, 0.717) is 5.56 Å². The molecule has 1 unspecified atom stereocenters. The number of aryl methyl sites for hydroxylation is 1. The number of pyridine rings is 1. The molecule has 0 saturated carbocycles. The Morgan fingerprint density at radius 3 is 2.61 bits per heavy atom. The number of esters is 1. The summed E-state index contributed by atoms with van der Waals surface area (Å²) >= 11 is 0. The molecule has 3 aromatic rings. The van der Waals surface area contributed by atoms with E-state index < -0.39 is 0 Å². The summed E-state index contributed by atoms with van der Waals surface area (Å²) < 4.78 is 7.16. The Kier molecular flexibility index (Phi) is 4.14. The summed E-state index contributed by atoms with van der Waals surface area (Å²) in [7, 11) is 0. The molecule has 2 heterocycles. The standard InChI is InChI=1S/C17H16N4O2/c1-12-7-15(9-18-8-12)17(22)23-13(2)14-3-5-16(6-4-14)21-11-19-10-20-21/h3-11,13H,1-2H3. The van der Waals surface area contributed by atoms with Crippen LogP contribution in [0.25, 0.3) is 5.69 Å². The lowest BCUT2D eigenvalue weighted by Gasteiger charge is -2.14. The first-order chi connectivity index (χ1) is 11.1. The van der Waals surface area contributed by atoms with E-state index in [1.807, 2.05) is 38.1 Å². The lowest BCUT2D eigenvalue weighted by Crippen LogP contribution is -2.10. The average molecular weight is 308 g/mol. The molecule has 1 atom stereocenters. The Morgan fingerprint density at radius 2 is 1.96 bits per heavy atom. The zero-order valence-corrected chi connectivity index (χ0v) is 12.9. The van der Waals surface area contributed by atoms with Gasteiger partial charge in [-0.05, 0) is 43.2 Å². The summed E-state index contributed by atoms with van der Waals surface area (Å²) in [6.45, 7) is 3.72. The maximum absolute atomic E-state index is 12.1. The van der Waals surface area contributed by atoms with Crippen molar-refractivity contribution in [3.8, 4) is 5.69 Å². The predicted octanol–water partition coefficient (Wildman–Crippen LogP) is 2.89. The van der Waals surface area contributed by atoms with Gasteiger partial charge in [-0.3, -0.25) is 4.98 Å². The van der Waals surface area contributed by atoms with Gasteiger partial charge < -0.3 is 4.74 Å². The smallest absolute Gasteiger partial charge is 0.340 e. The molecule has 0 bridgehead atoms. The molecule has 0 aliphatic carbocycles. The van der Waals surface area contributed by atoms with Crippen molar-refractivity contribution in [2.75, 3.05) is 0 Å². The minimum atomic E-state index is -0.381. The third kappa shape index (κ3) is 3.42. The predicted molar refractivity (Wildman–Crippen MR) is 84.2 cm³/mol. The van der Waals surface area contributed by atoms with Crippen molar-refractivity contribution in [3.63, 3.8) is 0 Å². The molecule has 0 aliphatic rings. The Bertz CT molecular complexity index is 798. The second-order valence-electron chi connectivity index (χ2n) is 5.23. The zero-order chi connectivity index (χ0) is 16.2. The molecule has 0 spiro atoms. The summed E-state index contributed by atoms with van der Waals surface area (Å²) in [5, 5.41) is 4.07. The largest absolute Gasteiger partial charge is 0.454 e. The fourth-order valence-corrected chi connectivity index (χ4v) is 2.20. The Morgan fingerprint density at radius 1 is 1.17 bits per heavy atom. The molecule has 0 radical (unpaired) electrons. The zero-order valence-electron chi connectivity index (χ0n) is 12.9. The molecule has 6 heteroatoms. The van der Waals surface area contributed by atoms with Crippen molar-refractivity contribution in [1.29, 1.82) is 0 Å². The van der Waals surface area contributed by atoms with Crippen molar-refractivity contribution >= 4 is 5.97 Å². The molecule has 3 rings (SSSR count).